The summed E-state index contributed by atoms with van der Waals surface area (Å²) in [6, 6.07) is 3.83. The van der Waals surface area contributed by atoms with Crippen molar-refractivity contribution in [1.82, 2.24) is 4.98 Å². The van der Waals surface area contributed by atoms with Crippen molar-refractivity contribution in [3.63, 3.8) is 0 Å². The van der Waals surface area contributed by atoms with Crippen LogP contribution in [0.25, 0.3) is 0 Å². The molecule has 0 aromatic carbocycles. The van der Waals surface area contributed by atoms with E-state index in [0.29, 0.717) is 6.42 Å². The number of hydrogen-bond acceptors (Lipinski definition) is 0. The van der Waals surface area contributed by atoms with Crippen molar-refractivity contribution < 1.29 is 4.39 Å². The third kappa shape index (κ3) is 1.06. The molecule has 1 aromatic heterocycles. The topological polar surface area (TPSA) is 15.8 Å². The van der Waals surface area contributed by atoms with E-state index in [-0.39, 0.29) is 0 Å². The Hall–Kier alpha value is -0.790. The van der Waals surface area contributed by atoms with Gasteiger partial charge in [-0.2, -0.15) is 0 Å². The van der Waals surface area contributed by atoms with Crippen molar-refractivity contribution in [2.45, 2.75) is 24.9 Å². The summed E-state index contributed by atoms with van der Waals surface area (Å²) in [6.07, 6.45) is 3.89. The number of rotatable bonds is 2. The van der Waals surface area contributed by atoms with Gasteiger partial charge in [0.2, 0.25) is 0 Å². The number of aromatic nitrogens is 1. The lowest BCUT2D eigenvalue weighted by Gasteiger charge is -2.00. The van der Waals surface area contributed by atoms with Crippen LogP contribution in [0.15, 0.2) is 18.3 Å². The van der Waals surface area contributed by atoms with Gasteiger partial charge in [-0.25, -0.2) is 4.39 Å². The standard InChI is InChI=1S/C8H10FN/c9-8(3-4-8)6-7-2-1-5-10-7/h1-2,5,10H,3-4,6H2. The molecule has 0 amide bonds. The molecule has 1 aromatic rings. The molecular weight excluding hydrogens is 129 g/mol. The molecule has 54 valence electrons. The van der Waals surface area contributed by atoms with Gasteiger partial charge >= 0.3 is 0 Å². The number of nitrogens with one attached hydrogen (secondary N) is 1. The molecule has 1 aliphatic carbocycles. The zero-order chi connectivity index (χ0) is 7.03. The first-order chi connectivity index (χ1) is 4.79. The van der Waals surface area contributed by atoms with Crippen LogP contribution in [0.4, 0.5) is 4.39 Å². The fourth-order valence-corrected chi connectivity index (χ4v) is 1.13. The fraction of sp³-hybridized carbons (Fsp3) is 0.500. The zero-order valence-electron chi connectivity index (χ0n) is 5.73. The predicted octanol–water partition coefficient (Wildman–Crippen LogP) is 2.06. The summed E-state index contributed by atoms with van der Waals surface area (Å²) in [5.41, 5.74) is 0.158. The monoisotopic (exact) mass is 139 g/mol. The largest absolute Gasteiger partial charge is 0.365 e. The van der Waals surface area contributed by atoms with Crippen LogP contribution in [0.1, 0.15) is 18.5 Å². The Labute approximate surface area is 59.3 Å². The Morgan fingerprint density at radius 3 is 2.90 bits per heavy atom. The molecule has 1 N–H and O–H groups in total. The highest BCUT2D eigenvalue weighted by Gasteiger charge is 2.43. The van der Waals surface area contributed by atoms with Gasteiger partial charge in [0.25, 0.3) is 0 Å². The van der Waals surface area contributed by atoms with Gasteiger partial charge in [-0.15, -0.1) is 0 Å². The number of alkyl halides is 1. The highest BCUT2D eigenvalue weighted by molar-refractivity contribution is 5.11. The Bertz CT molecular complexity index is 211. The van der Waals surface area contributed by atoms with E-state index in [4.69, 9.17) is 0 Å². The molecule has 1 aliphatic rings. The second-order valence-corrected chi connectivity index (χ2v) is 3.02. The van der Waals surface area contributed by atoms with Crippen LogP contribution < -0.4 is 0 Å². The van der Waals surface area contributed by atoms with E-state index in [2.05, 4.69) is 4.98 Å². The normalized spacial score (nSPS) is 20.9. The van der Waals surface area contributed by atoms with E-state index in [1.54, 1.807) is 0 Å². The maximum Gasteiger partial charge on any atom is 0.116 e. The Morgan fingerprint density at radius 2 is 2.40 bits per heavy atom. The second kappa shape index (κ2) is 1.84. The fourth-order valence-electron chi connectivity index (χ4n) is 1.13. The Morgan fingerprint density at radius 1 is 1.60 bits per heavy atom. The highest BCUT2D eigenvalue weighted by Crippen LogP contribution is 2.42. The van der Waals surface area contributed by atoms with Crippen LogP contribution in [0.5, 0.6) is 0 Å². The van der Waals surface area contributed by atoms with Crippen LogP contribution >= 0.6 is 0 Å². The third-order valence-corrected chi connectivity index (χ3v) is 1.96. The van der Waals surface area contributed by atoms with Crippen LogP contribution in [-0.2, 0) is 6.42 Å². The number of halogens is 1. The van der Waals surface area contributed by atoms with E-state index >= 15 is 0 Å². The summed E-state index contributed by atoms with van der Waals surface area (Å²) in [7, 11) is 0. The zero-order valence-corrected chi connectivity index (χ0v) is 5.73. The maximum absolute atomic E-state index is 13.0. The number of hydrogen-bond donors (Lipinski definition) is 1. The van der Waals surface area contributed by atoms with Crippen molar-refractivity contribution in [3.8, 4) is 0 Å². The maximum atomic E-state index is 13.0. The molecule has 0 spiro atoms. The number of aromatic amines is 1. The van der Waals surface area contributed by atoms with Gasteiger partial charge < -0.3 is 4.98 Å². The quantitative estimate of drug-likeness (QED) is 0.645. The summed E-state index contributed by atoms with van der Waals surface area (Å²) in [5.74, 6) is 0. The SMILES string of the molecule is FC1(Cc2ccc[nH]2)CC1. The van der Waals surface area contributed by atoms with Gasteiger partial charge in [-0.3, -0.25) is 0 Å². The average molecular weight is 139 g/mol. The third-order valence-electron chi connectivity index (χ3n) is 1.96. The minimum atomic E-state index is -0.856. The van der Waals surface area contributed by atoms with E-state index in [1.165, 1.54) is 0 Å². The molecule has 1 fully saturated rings. The minimum Gasteiger partial charge on any atom is -0.365 e. The predicted molar refractivity (Wildman–Crippen MR) is 37.6 cm³/mol. The first-order valence-corrected chi connectivity index (χ1v) is 3.60. The minimum absolute atomic E-state index is 0.569. The summed E-state index contributed by atoms with van der Waals surface area (Å²) in [5, 5.41) is 0. The molecule has 1 saturated carbocycles. The lowest BCUT2D eigenvalue weighted by molar-refractivity contribution is 0.306. The number of H-pyrrole nitrogens is 1. The van der Waals surface area contributed by atoms with Gasteiger partial charge in [-0.1, -0.05) is 0 Å². The molecule has 0 unspecified atom stereocenters. The first kappa shape index (κ1) is 5.96. The second-order valence-electron chi connectivity index (χ2n) is 3.02. The summed E-state index contributed by atoms with van der Waals surface area (Å²) in [6.45, 7) is 0. The van der Waals surface area contributed by atoms with Crippen LogP contribution in [-0.4, -0.2) is 10.7 Å². The molecule has 1 nitrogen and oxygen atoms in total. The van der Waals surface area contributed by atoms with Gasteiger partial charge in [0.05, 0.1) is 0 Å². The first-order valence-electron chi connectivity index (χ1n) is 3.60. The summed E-state index contributed by atoms with van der Waals surface area (Å²) in [4.78, 5) is 2.99. The molecule has 2 rings (SSSR count). The van der Waals surface area contributed by atoms with Gasteiger partial charge in [0.1, 0.15) is 5.67 Å². The summed E-state index contributed by atoms with van der Waals surface area (Å²) < 4.78 is 13.0. The molecule has 0 bridgehead atoms. The van der Waals surface area contributed by atoms with E-state index in [1.807, 2.05) is 18.3 Å². The molecule has 1 heterocycles. The highest BCUT2D eigenvalue weighted by atomic mass is 19.1. The van der Waals surface area contributed by atoms with E-state index in [9.17, 15) is 4.39 Å². The van der Waals surface area contributed by atoms with Crippen molar-refractivity contribution >= 4 is 0 Å². The molecular formula is C8H10FN. The van der Waals surface area contributed by atoms with Crippen LogP contribution in [0, 0.1) is 0 Å². The van der Waals surface area contributed by atoms with Crippen LogP contribution in [0.2, 0.25) is 0 Å². The van der Waals surface area contributed by atoms with Crippen LogP contribution in [0.3, 0.4) is 0 Å². The molecule has 0 radical (unpaired) electrons. The molecule has 0 atom stereocenters. The van der Waals surface area contributed by atoms with Gasteiger partial charge in [0.15, 0.2) is 0 Å². The van der Waals surface area contributed by atoms with E-state index in [0.717, 1.165) is 18.5 Å². The Balaban J connectivity index is 2.04. The average Bonchev–Trinajstić information content (AvgIpc) is 2.47. The lowest BCUT2D eigenvalue weighted by atomic mass is 10.2. The Kier molecular flexibility index (Phi) is 1.10. The molecule has 10 heavy (non-hydrogen) atoms. The van der Waals surface area contributed by atoms with Crippen molar-refractivity contribution in [2.75, 3.05) is 0 Å². The van der Waals surface area contributed by atoms with Gasteiger partial charge in [0, 0.05) is 18.3 Å². The lowest BCUT2D eigenvalue weighted by Crippen LogP contribution is -2.03. The molecule has 0 aliphatic heterocycles. The van der Waals surface area contributed by atoms with Crippen molar-refractivity contribution in [1.29, 1.82) is 0 Å². The summed E-state index contributed by atoms with van der Waals surface area (Å²) >= 11 is 0. The van der Waals surface area contributed by atoms with Crippen molar-refractivity contribution in [3.05, 3.63) is 24.0 Å². The van der Waals surface area contributed by atoms with Crippen molar-refractivity contribution in [2.24, 2.45) is 0 Å². The smallest absolute Gasteiger partial charge is 0.116 e. The van der Waals surface area contributed by atoms with E-state index < -0.39 is 5.67 Å². The molecule has 0 saturated heterocycles. The van der Waals surface area contributed by atoms with Gasteiger partial charge in [-0.05, 0) is 25.0 Å². The molecule has 2 heteroatoms.